The van der Waals surface area contributed by atoms with E-state index < -0.39 is 0 Å². The van der Waals surface area contributed by atoms with Crippen LogP contribution in [0.5, 0.6) is 5.75 Å². The second-order valence-electron chi connectivity index (χ2n) is 6.20. The van der Waals surface area contributed by atoms with Crippen molar-refractivity contribution in [1.82, 2.24) is 0 Å². The first-order valence-corrected chi connectivity index (χ1v) is 8.00. The minimum Gasteiger partial charge on any atom is -0.450 e. The molecule has 1 aliphatic rings. The van der Waals surface area contributed by atoms with E-state index in [4.69, 9.17) is 4.74 Å². The van der Waals surface area contributed by atoms with Crippen LogP contribution < -0.4 is 4.74 Å². The molecule has 0 heterocycles. The zero-order valence-corrected chi connectivity index (χ0v) is 16.3. The van der Waals surface area contributed by atoms with E-state index in [1.807, 2.05) is 12.1 Å². The Morgan fingerprint density at radius 3 is 2.22 bits per heavy atom. The summed E-state index contributed by atoms with van der Waals surface area (Å²) in [6.07, 6.45) is 5.12. The maximum atomic E-state index is 12.1. The van der Waals surface area contributed by atoms with Crippen LogP contribution in [0.2, 0.25) is 0 Å². The maximum Gasteiger partial charge on any atom is 0.341 e. The molecule has 0 spiro atoms. The molecule has 2 aromatic rings. The third-order valence-electron chi connectivity index (χ3n) is 4.53. The molecule has 1 fully saturated rings. The van der Waals surface area contributed by atoms with Crippen LogP contribution in [0.4, 0.5) is 0 Å². The topological polar surface area (TPSA) is 26.3 Å². The van der Waals surface area contributed by atoms with Gasteiger partial charge in [0.1, 0.15) is 0 Å². The molecular weight excluding hydrogens is 361 g/mol. The van der Waals surface area contributed by atoms with E-state index in [1.54, 1.807) is 24.3 Å². The van der Waals surface area contributed by atoms with Gasteiger partial charge in [-0.15, -0.1) is 12.1 Å². The molecule has 0 N–H and O–H groups in total. The first-order valence-electron chi connectivity index (χ1n) is 8.00. The molecule has 2 nitrogen and oxygen atoms in total. The first kappa shape index (κ1) is 18.4. The SMILES string of the molecule is CC1CCC(c2ccc(C(=O)Oc3cc[c-]cc3)cc2)CC1.[Y]. The molecule has 2 aromatic carbocycles. The Labute approximate surface area is 163 Å². The smallest absolute Gasteiger partial charge is 0.341 e. The van der Waals surface area contributed by atoms with Gasteiger partial charge in [0.15, 0.2) is 0 Å². The summed E-state index contributed by atoms with van der Waals surface area (Å²) < 4.78 is 5.34. The van der Waals surface area contributed by atoms with Gasteiger partial charge in [0.25, 0.3) is 0 Å². The van der Waals surface area contributed by atoms with Gasteiger partial charge in [-0.05, 0) is 42.4 Å². The monoisotopic (exact) mass is 382 g/mol. The van der Waals surface area contributed by atoms with Crippen molar-refractivity contribution in [2.24, 2.45) is 5.92 Å². The van der Waals surface area contributed by atoms with E-state index in [9.17, 15) is 4.79 Å². The van der Waals surface area contributed by atoms with Crippen molar-refractivity contribution >= 4 is 5.97 Å². The van der Waals surface area contributed by atoms with E-state index in [1.165, 1.54) is 31.2 Å². The molecule has 23 heavy (non-hydrogen) atoms. The fraction of sp³-hybridized carbons (Fsp3) is 0.350. The summed E-state index contributed by atoms with van der Waals surface area (Å²) in [7, 11) is 0. The van der Waals surface area contributed by atoms with E-state index in [-0.39, 0.29) is 38.7 Å². The predicted octanol–water partition coefficient (Wildman–Crippen LogP) is 5.00. The minimum absolute atomic E-state index is 0. The number of carbonyl (C=O) groups excluding carboxylic acids is 1. The Morgan fingerprint density at radius 2 is 1.61 bits per heavy atom. The van der Waals surface area contributed by atoms with Crippen LogP contribution in [0.25, 0.3) is 0 Å². The van der Waals surface area contributed by atoms with Gasteiger partial charge in [0.2, 0.25) is 0 Å². The first-order chi connectivity index (χ1) is 10.7. The Kier molecular flexibility index (Phi) is 6.98. The standard InChI is InChI=1S/C20H21O2.Y/c1-15-7-9-16(10-8-15)17-11-13-18(14-12-17)20(21)22-19-5-3-2-4-6-19;/h3-6,11-16H,7-10H2,1H3;/q-1;. The number of hydrogen-bond donors (Lipinski definition) is 0. The quantitative estimate of drug-likeness (QED) is 0.424. The Morgan fingerprint density at radius 1 is 1.00 bits per heavy atom. The van der Waals surface area contributed by atoms with Crippen molar-refractivity contribution in [1.29, 1.82) is 0 Å². The van der Waals surface area contributed by atoms with Crippen molar-refractivity contribution in [2.75, 3.05) is 0 Å². The van der Waals surface area contributed by atoms with Crippen molar-refractivity contribution in [3.63, 3.8) is 0 Å². The van der Waals surface area contributed by atoms with Gasteiger partial charge in [-0.1, -0.05) is 31.9 Å². The average Bonchev–Trinajstić information content (AvgIpc) is 2.57. The molecule has 3 heteroatoms. The second kappa shape index (κ2) is 8.75. The van der Waals surface area contributed by atoms with Gasteiger partial charge < -0.3 is 4.74 Å². The van der Waals surface area contributed by atoms with Crippen molar-refractivity contribution in [3.05, 3.63) is 65.7 Å². The fourth-order valence-corrected chi connectivity index (χ4v) is 3.09. The van der Waals surface area contributed by atoms with E-state index in [0.29, 0.717) is 17.2 Å². The van der Waals surface area contributed by atoms with E-state index >= 15 is 0 Å². The van der Waals surface area contributed by atoms with Crippen LogP contribution in [-0.2, 0) is 32.7 Å². The molecule has 0 bridgehead atoms. The third kappa shape index (κ3) is 4.99. The molecule has 3 rings (SSSR count). The molecule has 0 unspecified atom stereocenters. The number of benzene rings is 2. The van der Waals surface area contributed by atoms with Gasteiger partial charge in [-0.3, -0.25) is 0 Å². The van der Waals surface area contributed by atoms with Gasteiger partial charge in [0, 0.05) is 38.5 Å². The fourth-order valence-electron chi connectivity index (χ4n) is 3.09. The molecule has 1 radical (unpaired) electrons. The largest absolute Gasteiger partial charge is 0.450 e. The summed E-state index contributed by atoms with van der Waals surface area (Å²) in [5.41, 5.74) is 1.94. The number of hydrogen-bond acceptors (Lipinski definition) is 2. The molecule has 0 amide bonds. The summed E-state index contributed by atoms with van der Waals surface area (Å²) in [4.78, 5) is 12.1. The molecule has 1 aliphatic carbocycles. The number of carbonyl (C=O) groups is 1. The van der Waals surface area contributed by atoms with Crippen LogP contribution in [0, 0.1) is 12.0 Å². The predicted molar refractivity (Wildman–Crippen MR) is 87.1 cm³/mol. The van der Waals surface area contributed by atoms with E-state index in [2.05, 4.69) is 25.1 Å². The molecular formula is C20H21O2Y-. The van der Waals surface area contributed by atoms with Crippen LogP contribution in [-0.4, -0.2) is 5.97 Å². The van der Waals surface area contributed by atoms with Crippen LogP contribution in [0.3, 0.4) is 0 Å². The van der Waals surface area contributed by atoms with Crippen LogP contribution >= 0.6 is 0 Å². The maximum absolute atomic E-state index is 12.1. The number of esters is 1. The van der Waals surface area contributed by atoms with E-state index in [0.717, 1.165) is 5.92 Å². The summed E-state index contributed by atoms with van der Waals surface area (Å²) >= 11 is 0. The van der Waals surface area contributed by atoms with Gasteiger partial charge in [0.05, 0.1) is 5.56 Å². The molecule has 0 aliphatic heterocycles. The molecule has 1 saturated carbocycles. The Hall–Kier alpha value is -0.986. The van der Waals surface area contributed by atoms with Crippen molar-refractivity contribution < 1.29 is 42.2 Å². The summed E-state index contributed by atoms with van der Waals surface area (Å²) in [5.74, 6) is 1.74. The summed E-state index contributed by atoms with van der Waals surface area (Å²) in [5, 5.41) is 0. The zero-order chi connectivity index (χ0) is 15.4. The van der Waals surface area contributed by atoms with Crippen molar-refractivity contribution in [3.8, 4) is 5.75 Å². The van der Waals surface area contributed by atoms with Crippen LogP contribution in [0.1, 0.15) is 54.4 Å². The Bertz CT molecular complexity index is 614. The van der Waals surface area contributed by atoms with Crippen molar-refractivity contribution in [2.45, 2.75) is 38.5 Å². The second-order valence-corrected chi connectivity index (χ2v) is 6.20. The zero-order valence-electron chi connectivity index (χ0n) is 13.5. The normalized spacial score (nSPS) is 20.4. The molecule has 117 valence electrons. The minimum atomic E-state index is -0.310. The summed E-state index contributed by atoms with van der Waals surface area (Å²) in [6.45, 7) is 2.33. The number of rotatable bonds is 3. The molecule has 0 atom stereocenters. The Balaban J connectivity index is 0.00000192. The molecule has 0 aromatic heterocycles. The van der Waals surface area contributed by atoms with Gasteiger partial charge in [-0.25, -0.2) is 4.79 Å². The average molecular weight is 382 g/mol. The van der Waals surface area contributed by atoms with Gasteiger partial charge >= 0.3 is 5.97 Å². The molecule has 0 saturated heterocycles. The van der Waals surface area contributed by atoms with Gasteiger partial charge in [-0.2, -0.15) is 18.2 Å². The number of ether oxygens (including phenoxy) is 1. The van der Waals surface area contributed by atoms with Crippen LogP contribution in [0.15, 0.2) is 48.5 Å². The summed E-state index contributed by atoms with van der Waals surface area (Å²) in [6, 6.07) is 17.7. The third-order valence-corrected chi connectivity index (χ3v) is 4.53.